The molecule has 1 unspecified atom stereocenters. The highest BCUT2D eigenvalue weighted by molar-refractivity contribution is 9.10. The van der Waals surface area contributed by atoms with Crippen LogP contribution in [0.4, 0.5) is 11.4 Å². The summed E-state index contributed by atoms with van der Waals surface area (Å²) >= 11 is 4.86. The number of para-hydroxylation sites is 2. The molecule has 244 valence electrons. The van der Waals surface area contributed by atoms with Gasteiger partial charge in [-0.2, -0.15) is 0 Å². The highest BCUT2D eigenvalue weighted by Crippen LogP contribution is 2.30. The Kier molecular flexibility index (Phi) is 10.7. The molecule has 10 heteroatoms. The zero-order chi connectivity index (χ0) is 34.2. The van der Waals surface area contributed by atoms with Crippen molar-refractivity contribution >= 4 is 74.0 Å². The number of carbonyl (C=O) groups is 3. The number of halogens is 1. The number of rotatable bonds is 11. The lowest BCUT2D eigenvalue weighted by Crippen LogP contribution is -2.30. The topological polar surface area (TPSA) is 113 Å². The Hall–Kier alpha value is -5.45. The molecular formula is C39H31BrN4O4S. The van der Waals surface area contributed by atoms with Gasteiger partial charge in [0, 0.05) is 31.9 Å². The van der Waals surface area contributed by atoms with Crippen molar-refractivity contribution in [3.8, 4) is 11.5 Å². The van der Waals surface area contributed by atoms with Crippen LogP contribution in [-0.4, -0.2) is 28.0 Å². The van der Waals surface area contributed by atoms with E-state index in [-0.39, 0.29) is 16.9 Å². The molecule has 0 saturated carbocycles. The molecule has 0 aliphatic carbocycles. The zero-order valence-electron chi connectivity index (χ0n) is 26.4. The first-order chi connectivity index (χ1) is 23.8. The van der Waals surface area contributed by atoms with Gasteiger partial charge in [-0.1, -0.05) is 71.4 Å². The van der Waals surface area contributed by atoms with Crippen molar-refractivity contribution in [3.63, 3.8) is 0 Å². The van der Waals surface area contributed by atoms with E-state index in [4.69, 9.17) is 4.42 Å². The molecule has 49 heavy (non-hydrogen) atoms. The van der Waals surface area contributed by atoms with Crippen molar-refractivity contribution in [3.05, 3.63) is 149 Å². The van der Waals surface area contributed by atoms with Crippen molar-refractivity contribution < 1.29 is 18.8 Å². The van der Waals surface area contributed by atoms with Gasteiger partial charge in [0.15, 0.2) is 5.58 Å². The predicted octanol–water partition coefficient (Wildman–Crippen LogP) is 9.18. The fourth-order valence-corrected chi connectivity index (χ4v) is 6.38. The Bertz CT molecular complexity index is 2120. The first kappa shape index (κ1) is 33.5. The van der Waals surface area contributed by atoms with E-state index >= 15 is 0 Å². The minimum absolute atomic E-state index is 0.0814. The maximum Gasteiger partial charge on any atom is 0.272 e. The molecular weight excluding hydrogens is 700 g/mol. The standard InChI is InChI=1S/C39H31BrN4O4S/c1-2-35(38(47)41-29-20-18-27(19-21-29)39-44-32-16-6-7-17-34(32)48-39)49-31-15-9-14-30(24-31)42-37(46)33(23-25-10-8-13-28(40)22-25)43-36(45)26-11-4-3-5-12-26/h3-24,35H,2H2,1H3,(H,41,47)(H,42,46)(H,43,45)/b33-23+. The first-order valence-electron chi connectivity index (χ1n) is 15.5. The van der Waals surface area contributed by atoms with Gasteiger partial charge in [0.1, 0.15) is 11.2 Å². The number of nitrogens with one attached hydrogen (secondary N) is 3. The van der Waals surface area contributed by atoms with Gasteiger partial charge in [-0.25, -0.2) is 4.98 Å². The SMILES string of the molecule is CCC(Sc1cccc(NC(=O)/C(=C\c2cccc(Br)c2)NC(=O)c2ccccc2)c1)C(=O)Nc1ccc(-c2nc3ccccc3o2)cc1. The van der Waals surface area contributed by atoms with Gasteiger partial charge in [0.05, 0.1) is 5.25 Å². The second-order valence-electron chi connectivity index (χ2n) is 11.0. The minimum atomic E-state index is -0.488. The van der Waals surface area contributed by atoms with Crippen LogP contribution in [-0.2, 0) is 9.59 Å². The molecule has 0 saturated heterocycles. The molecule has 1 heterocycles. The number of benzene rings is 5. The first-order valence-corrected chi connectivity index (χ1v) is 17.2. The number of anilines is 2. The number of aromatic nitrogens is 1. The molecule has 0 bridgehead atoms. The Labute approximate surface area is 296 Å². The summed E-state index contributed by atoms with van der Waals surface area (Å²) in [6.45, 7) is 1.95. The molecule has 6 rings (SSSR count). The Balaban J connectivity index is 1.12. The number of amides is 3. The quantitative estimate of drug-likeness (QED) is 0.0905. The summed E-state index contributed by atoms with van der Waals surface area (Å²) in [5.74, 6) is -0.516. The number of oxazole rings is 1. The summed E-state index contributed by atoms with van der Waals surface area (Å²) in [6.07, 6.45) is 2.20. The van der Waals surface area contributed by atoms with E-state index in [1.54, 1.807) is 36.4 Å². The lowest BCUT2D eigenvalue weighted by molar-refractivity contribution is -0.116. The van der Waals surface area contributed by atoms with E-state index in [1.165, 1.54) is 11.8 Å². The molecule has 5 aromatic carbocycles. The maximum absolute atomic E-state index is 13.5. The number of hydrogen-bond donors (Lipinski definition) is 3. The van der Waals surface area contributed by atoms with Gasteiger partial charge in [0.2, 0.25) is 11.8 Å². The van der Waals surface area contributed by atoms with Crippen LogP contribution in [0.5, 0.6) is 0 Å². The largest absolute Gasteiger partial charge is 0.436 e. The highest BCUT2D eigenvalue weighted by Gasteiger charge is 2.20. The molecule has 1 aromatic heterocycles. The molecule has 0 radical (unpaired) electrons. The summed E-state index contributed by atoms with van der Waals surface area (Å²) in [5.41, 5.74) is 4.73. The van der Waals surface area contributed by atoms with Crippen molar-refractivity contribution in [2.75, 3.05) is 10.6 Å². The average molecular weight is 732 g/mol. The van der Waals surface area contributed by atoms with Gasteiger partial charge in [-0.05, 0) is 96.9 Å². The van der Waals surface area contributed by atoms with Crippen LogP contribution in [0.2, 0.25) is 0 Å². The van der Waals surface area contributed by atoms with Crippen LogP contribution >= 0.6 is 27.7 Å². The molecule has 3 N–H and O–H groups in total. The number of fused-ring (bicyclic) bond motifs is 1. The van der Waals surface area contributed by atoms with Gasteiger partial charge < -0.3 is 20.4 Å². The van der Waals surface area contributed by atoms with Crippen molar-refractivity contribution in [2.45, 2.75) is 23.5 Å². The van der Waals surface area contributed by atoms with E-state index < -0.39 is 11.8 Å². The van der Waals surface area contributed by atoms with Crippen LogP contribution in [0.1, 0.15) is 29.3 Å². The predicted molar refractivity (Wildman–Crippen MR) is 199 cm³/mol. The van der Waals surface area contributed by atoms with Crippen LogP contribution < -0.4 is 16.0 Å². The van der Waals surface area contributed by atoms with Gasteiger partial charge in [-0.3, -0.25) is 14.4 Å². The van der Waals surface area contributed by atoms with Crippen LogP contribution in [0.25, 0.3) is 28.6 Å². The van der Waals surface area contributed by atoms with Crippen molar-refractivity contribution in [1.29, 1.82) is 0 Å². The molecule has 0 aliphatic heterocycles. The zero-order valence-corrected chi connectivity index (χ0v) is 28.8. The number of hydrogen-bond acceptors (Lipinski definition) is 6. The molecule has 0 spiro atoms. The smallest absolute Gasteiger partial charge is 0.272 e. The number of carbonyl (C=O) groups excluding carboxylic acids is 3. The van der Waals surface area contributed by atoms with E-state index in [9.17, 15) is 14.4 Å². The summed E-state index contributed by atoms with van der Waals surface area (Å²) in [4.78, 5) is 45.2. The minimum Gasteiger partial charge on any atom is -0.436 e. The third-order valence-electron chi connectivity index (χ3n) is 7.42. The average Bonchev–Trinajstić information content (AvgIpc) is 3.56. The summed E-state index contributed by atoms with van der Waals surface area (Å²) in [5, 5.41) is 8.28. The number of thioether (sulfide) groups is 1. The summed E-state index contributed by atoms with van der Waals surface area (Å²) in [7, 11) is 0. The molecule has 3 amide bonds. The van der Waals surface area contributed by atoms with E-state index in [0.717, 1.165) is 26.0 Å². The second-order valence-corrected chi connectivity index (χ2v) is 13.2. The third-order valence-corrected chi connectivity index (χ3v) is 9.27. The molecule has 6 aromatic rings. The molecule has 1 atom stereocenters. The van der Waals surface area contributed by atoms with Crippen LogP contribution in [0.3, 0.4) is 0 Å². The normalized spacial score (nSPS) is 11.9. The van der Waals surface area contributed by atoms with Crippen molar-refractivity contribution in [1.82, 2.24) is 10.3 Å². The monoisotopic (exact) mass is 730 g/mol. The van der Waals surface area contributed by atoms with E-state index in [0.29, 0.717) is 34.8 Å². The van der Waals surface area contributed by atoms with E-state index in [1.807, 2.05) is 104 Å². The maximum atomic E-state index is 13.5. The molecule has 8 nitrogen and oxygen atoms in total. The molecule has 0 aliphatic rings. The molecule has 0 fully saturated rings. The third kappa shape index (κ3) is 8.72. The van der Waals surface area contributed by atoms with Crippen LogP contribution in [0.15, 0.2) is 147 Å². The van der Waals surface area contributed by atoms with Crippen molar-refractivity contribution in [2.24, 2.45) is 0 Å². The van der Waals surface area contributed by atoms with Gasteiger partial charge >= 0.3 is 0 Å². The Morgan fingerprint density at radius 2 is 1.57 bits per heavy atom. The Morgan fingerprint density at radius 3 is 2.33 bits per heavy atom. The summed E-state index contributed by atoms with van der Waals surface area (Å²) in [6, 6.07) is 38.4. The highest BCUT2D eigenvalue weighted by atomic mass is 79.9. The van der Waals surface area contributed by atoms with E-state index in [2.05, 4.69) is 36.9 Å². The fourth-order valence-electron chi connectivity index (χ4n) is 4.95. The fraction of sp³-hybridized carbons (Fsp3) is 0.0769. The lowest BCUT2D eigenvalue weighted by atomic mass is 10.1. The van der Waals surface area contributed by atoms with Gasteiger partial charge in [-0.15, -0.1) is 11.8 Å². The second kappa shape index (κ2) is 15.6. The van der Waals surface area contributed by atoms with Gasteiger partial charge in [0.25, 0.3) is 11.8 Å². The lowest BCUT2D eigenvalue weighted by Gasteiger charge is -2.16. The van der Waals surface area contributed by atoms with Crippen LogP contribution in [0, 0.1) is 0 Å². The summed E-state index contributed by atoms with van der Waals surface area (Å²) < 4.78 is 6.70. The number of nitrogens with zero attached hydrogens (tertiary/aromatic N) is 1. The Morgan fingerprint density at radius 1 is 0.816 bits per heavy atom.